The molecule has 0 aromatic heterocycles. The Labute approximate surface area is 152 Å². The lowest BCUT2D eigenvalue weighted by atomic mass is 10.1. The normalized spacial score (nSPS) is 18.5. The zero-order valence-electron chi connectivity index (χ0n) is 14.3. The molecule has 0 bridgehead atoms. The van der Waals surface area contributed by atoms with Crippen LogP contribution >= 0.6 is 11.6 Å². The van der Waals surface area contributed by atoms with Gasteiger partial charge in [0.1, 0.15) is 0 Å². The predicted octanol–water partition coefficient (Wildman–Crippen LogP) is 4.42. The van der Waals surface area contributed by atoms with Crippen LogP contribution in [0.3, 0.4) is 0 Å². The number of rotatable bonds is 5. The lowest BCUT2D eigenvalue weighted by molar-refractivity contribution is -0.122. The van der Waals surface area contributed by atoms with Gasteiger partial charge in [-0.1, -0.05) is 36.7 Å². The molecule has 3 rings (SSSR count). The summed E-state index contributed by atoms with van der Waals surface area (Å²) >= 11 is 5.84. The summed E-state index contributed by atoms with van der Waals surface area (Å²) in [5.41, 5.74) is 3.71. The molecule has 0 spiro atoms. The lowest BCUT2D eigenvalue weighted by Crippen LogP contribution is -2.21. The van der Waals surface area contributed by atoms with Crippen LogP contribution in [0, 0.1) is 18.8 Å². The van der Waals surface area contributed by atoms with Gasteiger partial charge in [0.2, 0.25) is 11.8 Å². The Morgan fingerprint density at radius 1 is 1.04 bits per heavy atom. The minimum absolute atomic E-state index is 0.0831. The molecule has 2 aromatic carbocycles. The largest absolute Gasteiger partial charge is 0.326 e. The van der Waals surface area contributed by atoms with Crippen molar-refractivity contribution in [3.05, 3.63) is 58.6 Å². The molecular weight excluding hydrogens is 336 g/mol. The van der Waals surface area contributed by atoms with Crippen LogP contribution in [0.1, 0.15) is 24.5 Å². The Kier molecular flexibility index (Phi) is 5.09. The molecule has 2 amide bonds. The molecule has 1 fully saturated rings. The molecule has 1 aliphatic carbocycles. The Hall–Kier alpha value is -2.33. The number of carbonyl (C=O) groups excluding carboxylic acids is 2. The fourth-order valence-electron chi connectivity index (χ4n) is 2.96. The number of nitrogens with one attached hydrogen (secondary N) is 2. The van der Waals surface area contributed by atoms with Crippen LogP contribution in [0.4, 0.5) is 11.4 Å². The van der Waals surface area contributed by atoms with Crippen LogP contribution in [-0.2, 0) is 16.0 Å². The number of hydrogen-bond acceptors (Lipinski definition) is 2. The zero-order valence-corrected chi connectivity index (χ0v) is 15.1. The van der Waals surface area contributed by atoms with Crippen molar-refractivity contribution in [3.8, 4) is 0 Å². The number of para-hydroxylation sites is 1. The number of benzene rings is 2. The highest BCUT2D eigenvalue weighted by Gasteiger charge is 2.48. The second-order valence-electron chi connectivity index (χ2n) is 6.40. The van der Waals surface area contributed by atoms with Gasteiger partial charge in [0, 0.05) is 16.4 Å². The monoisotopic (exact) mass is 356 g/mol. The number of anilines is 2. The predicted molar refractivity (Wildman–Crippen MR) is 101 cm³/mol. The molecule has 2 aromatic rings. The lowest BCUT2D eigenvalue weighted by Gasteiger charge is -2.13. The average molecular weight is 357 g/mol. The summed E-state index contributed by atoms with van der Waals surface area (Å²) in [6.45, 7) is 4.04. The fraction of sp³-hybridized carbons (Fsp3) is 0.300. The minimum atomic E-state index is -0.273. The van der Waals surface area contributed by atoms with E-state index in [0.29, 0.717) is 17.1 Å². The molecule has 1 aliphatic rings. The number of halogens is 1. The van der Waals surface area contributed by atoms with E-state index in [1.807, 2.05) is 25.1 Å². The van der Waals surface area contributed by atoms with Crippen molar-refractivity contribution in [1.29, 1.82) is 0 Å². The number of hydrogen-bond donors (Lipinski definition) is 2. The van der Waals surface area contributed by atoms with E-state index in [1.54, 1.807) is 24.3 Å². The van der Waals surface area contributed by atoms with Gasteiger partial charge in [-0.05, 0) is 55.2 Å². The summed E-state index contributed by atoms with van der Waals surface area (Å²) in [5, 5.41) is 6.46. The van der Waals surface area contributed by atoms with Crippen molar-refractivity contribution in [2.24, 2.45) is 11.8 Å². The summed E-state index contributed by atoms with van der Waals surface area (Å²) in [5.74, 6) is -0.746. The van der Waals surface area contributed by atoms with Gasteiger partial charge in [-0.2, -0.15) is 0 Å². The maximum Gasteiger partial charge on any atom is 0.228 e. The van der Waals surface area contributed by atoms with E-state index in [9.17, 15) is 9.59 Å². The second-order valence-corrected chi connectivity index (χ2v) is 6.83. The van der Waals surface area contributed by atoms with Gasteiger partial charge in [-0.3, -0.25) is 9.59 Å². The second kappa shape index (κ2) is 7.28. The number of carbonyl (C=O) groups is 2. The summed E-state index contributed by atoms with van der Waals surface area (Å²) in [6, 6.07) is 12.9. The fourth-order valence-corrected chi connectivity index (χ4v) is 3.09. The Balaban J connectivity index is 1.60. The van der Waals surface area contributed by atoms with E-state index in [-0.39, 0.29) is 23.7 Å². The summed E-state index contributed by atoms with van der Waals surface area (Å²) < 4.78 is 0. The first kappa shape index (κ1) is 17.5. The first-order chi connectivity index (χ1) is 12.0. The molecule has 2 N–H and O–H groups in total. The van der Waals surface area contributed by atoms with Crippen LogP contribution in [0.15, 0.2) is 42.5 Å². The molecule has 0 heterocycles. The molecule has 0 radical (unpaired) electrons. The third-order valence-corrected chi connectivity index (χ3v) is 4.82. The molecule has 1 saturated carbocycles. The van der Waals surface area contributed by atoms with Crippen molar-refractivity contribution in [3.63, 3.8) is 0 Å². The molecule has 25 heavy (non-hydrogen) atoms. The Morgan fingerprint density at radius 3 is 2.32 bits per heavy atom. The van der Waals surface area contributed by atoms with E-state index >= 15 is 0 Å². The summed E-state index contributed by atoms with van der Waals surface area (Å²) in [4.78, 5) is 24.8. The van der Waals surface area contributed by atoms with Crippen LogP contribution in [0.25, 0.3) is 0 Å². The Bertz CT molecular complexity index is 802. The zero-order chi connectivity index (χ0) is 18.0. The van der Waals surface area contributed by atoms with E-state index in [1.165, 1.54) is 0 Å². The molecule has 0 aliphatic heterocycles. The maximum absolute atomic E-state index is 12.5. The van der Waals surface area contributed by atoms with Gasteiger partial charge in [0.25, 0.3) is 0 Å². The average Bonchev–Trinajstić information content (AvgIpc) is 3.39. The molecule has 5 heteroatoms. The first-order valence-corrected chi connectivity index (χ1v) is 8.83. The molecule has 0 saturated heterocycles. The van der Waals surface area contributed by atoms with Crippen LogP contribution in [0.5, 0.6) is 0 Å². The van der Waals surface area contributed by atoms with Crippen molar-refractivity contribution in [1.82, 2.24) is 0 Å². The third-order valence-electron chi connectivity index (χ3n) is 4.56. The SMILES string of the molecule is CCc1cccc(C)c1NC(=O)C1CC1C(=O)Nc1ccc(Cl)cc1. The maximum atomic E-state index is 12.5. The smallest absolute Gasteiger partial charge is 0.228 e. The number of amides is 2. The van der Waals surface area contributed by atoms with E-state index in [4.69, 9.17) is 11.6 Å². The van der Waals surface area contributed by atoms with Gasteiger partial charge < -0.3 is 10.6 Å². The number of aryl methyl sites for hydroxylation is 2. The standard InChI is InChI=1S/C20H21ClN2O2/c1-3-13-6-4-5-12(2)18(13)23-20(25)17-11-16(17)19(24)22-15-9-7-14(21)8-10-15/h4-10,16-17H,3,11H2,1-2H3,(H,22,24)(H,23,25). The summed E-state index contributed by atoms with van der Waals surface area (Å²) in [6.07, 6.45) is 1.43. The Morgan fingerprint density at radius 2 is 1.68 bits per heavy atom. The quantitative estimate of drug-likeness (QED) is 0.832. The first-order valence-electron chi connectivity index (χ1n) is 8.45. The van der Waals surface area contributed by atoms with E-state index in [0.717, 1.165) is 23.2 Å². The highest BCUT2D eigenvalue weighted by Crippen LogP contribution is 2.40. The molecule has 130 valence electrons. The molecular formula is C20H21ClN2O2. The molecule has 2 unspecified atom stereocenters. The van der Waals surface area contributed by atoms with Gasteiger partial charge >= 0.3 is 0 Å². The van der Waals surface area contributed by atoms with Crippen LogP contribution in [0.2, 0.25) is 5.02 Å². The van der Waals surface area contributed by atoms with Gasteiger partial charge in [-0.15, -0.1) is 0 Å². The van der Waals surface area contributed by atoms with Crippen LogP contribution < -0.4 is 10.6 Å². The summed E-state index contributed by atoms with van der Waals surface area (Å²) in [7, 11) is 0. The van der Waals surface area contributed by atoms with Crippen molar-refractivity contribution in [2.45, 2.75) is 26.7 Å². The topological polar surface area (TPSA) is 58.2 Å². The van der Waals surface area contributed by atoms with Gasteiger partial charge in [0.05, 0.1) is 11.8 Å². The highest BCUT2D eigenvalue weighted by molar-refractivity contribution is 6.30. The van der Waals surface area contributed by atoms with E-state index in [2.05, 4.69) is 17.6 Å². The molecule has 2 atom stereocenters. The minimum Gasteiger partial charge on any atom is -0.326 e. The van der Waals surface area contributed by atoms with Crippen LogP contribution in [-0.4, -0.2) is 11.8 Å². The third kappa shape index (κ3) is 4.02. The molecule has 4 nitrogen and oxygen atoms in total. The van der Waals surface area contributed by atoms with Crippen molar-refractivity contribution < 1.29 is 9.59 Å². The van der Waals surface area contributed by atoms with E-state index < -0.39 is 0 Å². The van der Waals surface area contributed by atoms with Gasteiger partial charge in [0.15, 0.2) is 0 Å². The van der Waals surface area contributed by atoms with Gasteiger partial charge in [-0.25, -0.2) is 0 Å². The van der Waals surface area contributed by atoms with Crippen molar-refractivity contribution >= 4 is 34.8 Å². The highest BCUT2D eigenvalue weighted by atomic mass is 35.5. The van der Waals surface area contributed by atoms with Crippen molar-refractivity contribution in [2.75, 3.05) is 10.6 Å².